The molecule has 0 aliphatic carbocycles. The fourth-order valence-electron chi connectivity index (χ4n) is 2.88. The van der Waals surface area contributed by atoms with Gasteiger partial charge in [-0.1, -0.05) is 28.1 Å². The number of aryl methyl sites for hydroxylation is 1. The van der Waals surface area contributed by atoms with Gasteiger partial charge in [0.1, 0.15) is 5.75 Å². The van der Waals surface area contributed by atoms with Gasteiger partial charge in [0.15, 0.2) is 0 Å². The summed E-state index contributed by atoms with van der Waals surface area (Å²) in [5, 5.41) is 2.79. The van der Waals surface area contributed by atoms with Gasteiger partial charge in [-0.05, 0) is 67.1 Å². The number of benzene rings is 3. The van der Waals surface area contributed by atoms with Gasteiger partial charge in [-0.15, -0.1) is 0 Å². The summed E-state index contributed by atoms with van der Waals surface area (Å²) >= 11 is 3.38. The van der Waals surface area contributed by atoms with Gasteiger partial charge in [-0.2, -0.15) is 0 Å². The maximum absolute atomic E-state index is 13.2. The predicted molar refractivity (Wildman–Crippen MR) is 122 cm³/mol. The first-order valence-electron chi connectivity index (χ1n) is 9.03. The number of carbonyl (C=O) groups is 1. The van der Waals surface area contributed by atoms with Gasteiger partial charge in [0, 0.05) is 17.2 Å². The van der Waals surface area contributed by atoms with Crippen molar-refractivity contribution in [2.45, 2.75) is 11.8 Å². The van der Waals surface area contributed by atoms with Crippen LogP contribution in [-0.2, 0) is 10.0 Å². The van der Waals surface area contributed by atoms with Gasteiger partial charge < -0.3 is 10.1 Å². The highest BCUT2D eigenvalue weighted by Gasteiger charge is 2.25. The Morgan fingerprint density at radius 1 is 1.03 bits per heavy atom. The van der Waals surface area contributed by atoms with Crippen molar-refractivity contribution in [2.75, 3.05) is 23.8 Å². The standard InChI is InChI=1S/C22H21BrN2O4S/c1-15-14-18(12-13-20(15)23)30(27,28)25(2)21-7-5-4-6-19(21)22(26)24-16-8-10-17(29-3)11-9-16/h4-14H,1-3H3,(H,24,26). The highest BCUT2D eigenvalue weighted by molar-refractivity contribution is 9.10. The largest absolute Gasteiger partial charge is 0.497 e. The van der Waals surface area contributed by atoms with E-state index < -0.39 is 15.9 Å². The summed E-state index contributed by atoms with van der Waals surface area (Å²) in [7, 11) is -0.854. The molecule has 0 fully saturated rings. The average Bonchev–Trinajstić information content (AvgIpc) is 2.75. The molecular weight excluding hydrogens is 468 g/mol. The van der Waals surface area contributed by atoms with Crippen LogP contribution in [0.15, 0.2) is 76.1 Å². The normalized spacial score (nSPS) is 11.1. The van der Waals surface area contributed by atoms with E-state index in [1.807, 2.05) is 6.92 Å². The topological polar surface area (TPSA) is 75.7 Å². The lowest BCUT2D eigenvalue weighted by Gasteiger charge is -2.22. The van der Waals surface area contributed by atoms with E-state index in [1.54, 1.807) is 67.8 Å². The van der Waals surface area contributed by atoms with Crippen molar-refractivity contribution in [2.24, 2.45) is 0 Å². The van der Waals surface area contributed by atoms with Gasteiger partial charge in [0.2, 0.25) is 0 Å². The third kappa shape index (κ3) is 4.49. The number of methoxy groups -OCH3 is 1. The Kier molecular flexibility index (Phi) is 6.48. The molecule has 30 heavy (non-hydrogen) atoms. The zero-order valence-corrected chi connectivity index (χ0v) is 19.1. The smallest absolute Gasteiger partial charge is 0.264 e. The summed E-state index contributed by atoms with van der Waals surface area (Å²) in [5.41, 5.74) is 1.90. The fourth-order valence-corrected chi connectivity index (χ4v) is 4.42. The van der Waals surface area contributed by atoms with Crippen LogP contribution in [0.25, 0.3) is 0 Å². The molecule has 0 bridgehead atoms. The fraction of sp³-hybridized carbons (Fsp3) is 0.136. The Labute approximate surface area is 184 Å². The Morgan fingerprint density at radius 2 is 1.70 bits per heavy atom. The zero-order valence-electron chi connectivity index (χ0n) is 16.7. The lowest BCUT2D eigenvalue weighted by atomic mass is 10.1. The summed E-state index contributed by atoms with van der Waals surface area (Å²) in [4.78, 5) is 13.0. The number of hydrogen-bond acceptors (Lipinski definition) is 4. The Morgan fingerprint density at radius 3 is 2.33 bits per heavy atom. The molecule has 0 aliphatic rings. The molecule has 0 heterocycles. The van der Waals surface area contributed by atoms with Crippen LogP contribution in [0, 0.1) is 6.92 Å². The number of hydrogen-bond donors (Lipinski definition) is 1. The summed E-state index contributed by atoms with van der Waals surface area (Å²) in [6.45, 7) is 1.82. The number of anilines is 2. The molecule has 3 aromatic rings. The number of ether oxygens (including phenoxy) is 1. The second-order valence-electron chi connectivity index (χ2n) is 6.58. The third-order valence-electron chi connectivity index (χ3n) is 4.62. The van der Waals surface area contributed by atoms with Crippen LogP contribution in [0.5, 0.6) is 5.75 Å². The lowest BCUT2D eigenvalue weighted by Crippen LogP contribution is -2.29. The van der Waals surface area contributed by atoms with Gasteiger partial charge in [0.05, 0.1) is 23.3 Å². The van der Waals surface area contributed by atoms with Gasteiger partial charge in [-0.3, -0.25) is 9.10 Å². The van der Waals surface area contributed by atoms with Crippen LogP contribution in [0.2, 0.25) is 0 Å². The quantitative estimate of drug-likeness (QED) is 0.538. The van der Waals surface area contributed by atoms with E-state index in [1.165, 1.54) is 13.1 Å². The molecule has 0 saturated carbocycles. The van der Waals surface area contributed by atoms with Crippen LogP contribution in [0.3, 0.4) is 0 Å². The molecule has 156 valence electrons. The minimum Gasteiger partial charge on any atom is -0.497 e. The maximum Gasteiger partial charge on any atom is 0.264 e. The van der Waals surface area contributed by atoms with E-state index in [0.717, 1.165) is 14.3 Å². The van der Waals surface area contributed by atoms with Crippen LogP contribution < -0.4 is 14.4 Å². The average molecular weight is 489 g/mol. The summed E-state index contributed by atoms with van der Waals surface area (Å²) in [5.74, 6) is 0.258. The molecule has 3 aromatic carbocycles. The van der Waals surface area contributed by atoms with Crippen molar-refractivity contribution in [3.05, 3.63) is 82.3 Å². The van der Waals surface area contributed by atoms with Crippen LogP contribution in [-0.4, -0.2) is 28.5 Å². The summed E-state index contributed by atoms with van der Waals surface area (Å²) < 4.78 is 33.4. The van der Waals surface area contributed by atoms with Crippen LogP contribution in [0.1, 0.15) is 15.9 Å². The first kappa shape index (κ1) is 21.9. The number of nitrogens with one attached hydrogen (secondary N) is 1. The van der Waals surface area contributed by atoms with Crippen molar-refractivity contribution in [3.63, 3.8) is 0 Å². The van der Waals surface area contributed by atoms with Crippen molar-refractivity contribution < 1.29 is 17.9 Å². The molecule has 6 nitrogen and oxygen atoms in total. The van der Waals surface area contributed by atoms with Crippen LogP contribution >= 0.6 is 15.9 Å². The molecule has 0 saturated heterocycles. The van der Waals surface area contributed by atoms with E-state index in [4.69, 9.17) is 4.74 Å². The van der Waals surface area contributed by atoms with Crippen LogP contribution in [0.4, 0.5) is 11.4 Å². The van der Waals surface area contributed by atoms with E-state index in [9.17, 15) is 13.2 Å². The number of para-hydroxylation sites is 1. The molecule has 0 aromatic heterocycles. The maximum atomic E-state index is 13.2. The SMILES string of the molecule is COc1ccc(NC(=O)c2ccccc2N(C)S(=O)(=O)c2ccc(Br)c(C)c2)cc1. The van der Waals surface area contributed by atoms with E-state index in [0.29, 0.717) is 11.4 Å². The first-order valence-corrected chi connectivity index (χ1v) is 11.3. The van der Waals surface area contributed by atoms with Gasteiger partial charge in [-0.25, -0.2) is 8.42 Å². The molecule has 0 atom stereocenters. The van der Waals surface area contributed by atoms with Gasteiger partial charge in [0.25, 0.3) is 15.9 Å². The van der Waals surface area contributed by atoms with Gasteiger partial charge >= 0.3 is 0 Å². The predicted octanol–water partition coefficient (Wildman–Crippen LogP) is 4.84. The molecule has 0 spiro atoms. The summed E-state index contributed by atoms with van der Waals surface area (Å²) in [6.07, 6.45) is 0. The highest BCUT2D eigenvalue weighted by Crippen LogP contribution is 2.28. The number of carbonyl (C=O) groups excluding carboxylic acids is 1. The number of amides is 1. The molecule has 0 aliphatic heterocycles. The number of halogens is 1. The van der Waals surface area contributed by atoms with Crippen molar-refractivity contribution in [1.82, 2.24) is 0 Å². The molecule has 8 heteroatoms. The second-order valence-corrected chi connectivity index (χ2v) is 9.41. The number of rotatable bonds is 6. The Bertz CT molecular complexity index is 1180. The van der Waals surface area contributed by atoms with Crippen molar-refractivity contribution in [1.29, 1.82) is 0 Å². The third-order valence-corrected chi connectivity index (χ3v) is 7.28. The van der Waals surface area contributed by atoms with E-state index >= 15 is 0 Å². The molecule has 3 rings (SSSR count). The monoisotopic (exact) mass is 488 g/mol. The molecule has 1 amide bonds. The second kappa shape index (κ2) is 8.89. The van der Waals surface area contributed by atoms with Crippen molar-refractivity contribution in [3.8, 4) is 5.75 Å². The number of nitrogens with zero attached hydrogens (tertiary/aromatic N) is 1. The van der Waals surface area contributed by atoms with E-state index in [2.05, 4.69) is 21.2 Å². The summed E-state index contributed by atoms with van der Waals surface area (Å²) in [6, 6.07) is 18.3. The Balaban J connectivity index is 1.93. The Hall–Kier alpha value is -2.84. The van der Waals surface area contributed by atoms with E-state index in [-0.39, 0.29) is 16.1 Å². The van der Waals surface area contributed by atoms with Crippen molar-refractivity contribution >= 4 is 43.2 Å². The first-order chi connectivity index (χ1) is 14.2. The zero-order chi connectivity index (χ0) is 21.9. The lowest BCUT2D eigenvalue weighted by molar-refractivity contribution is 0.102. The minimum absolute atomic E-state index is 0.149. The molecule has 1 N–H and O–H groups in total. The highest BCUT2D eigenvalue weighted by atomic mass is 79.9. The minimum atomic E-state index is -3.85. The molecule has 0 radical (unpaired) electrons. The molecular formula is C22H21BrN2O4S. The number of sulfonamides is 1. The molecule has 0 unspecified atom stereocenters.